The third-order valence-corrected chi connectivity index (χ3v) is 3.47. The smallest absolute Gasteiger partial charge is 0.335 e. The average molecular weight is 296 g/mol. The number of carboxylic acids is 1. The van der Waals surface area contributed by atoms with Crippen LogP contribution in [0.4, 0.5) is 0 Å². The predicted molar refractivity (Wildman–Crippen MR) is 76.6 cm³/mol. The molecule has 1 aliphatic rings. The Morgan fingerprint density at radius 2 is 1.64 bits per heavy atom. The van der Waals surface area contributed by atoms with Crippen molar-refractivity contribution in [2.45, 2.75) is 12.1 Å². The Kier molecular flexibility index (Phi) is 3.38. The number of rotatable bonds is 4. The average Bonchev–Trinajstić information content (AvgIpc) is 2.98. The Hall–Kier alpha value is -3.09. The lowest BCUT2D eigenvalue weighted by atomic mass is 9.91. The summed E-state index contributed by atoms with van der Waals surface area (Å²) in [5.41, 5.74) is 0.357. The molecule has 0 fully saturated rings. The highest BCUT2D eigenvalue weighted by Gasteiger charge is 2.36. The van der Waals surface area contributed by atoms with Crippen molar-refractivity contribution < 1.29 is 15.0 Å². The van der Waals surface area contributed by atoms with Crippen molar-refractivity contribution in [3.8, 4) is 5.75 Å². The lowest BCUT2D eigenvalue weighted by Crippen LogP contribution is -2.23. The maximum absolute atomic E-state index is 11.3. The van der Waals surface area contributed by atoms with E-state index in [-0.39, 0.29) is 17.7 Å². The Labute approximate surface area is 125 Å². The molecule has 0 amide bonds. The van der Waals surface area contributed by atoms with Crippen molar-refractivity contribution in [3.63, 3.8) is 0 Å². The van der Waals surface area contributed by atoms with Crippen molar-refractivity contribution in [1.82, 2.24) is 0 Å². The van der Waals surface area contributed by atoms with Gasteiger partial charge < -0.3 is 10.2 Å². The molecule has 2 N–H and O–H groups in total. The van der Waals surface area contributed by atoms with E-state index in [1.165, 1.54) is 18.2 Å². The van der Waals surface area contributed by atoms with Gasteiger partial charge in [-0.25, -0.2) is 4.79 Å². The SMILES string of the molecule is O=C(O)c1ccccc1CC1(c2ccc(O)cc2)N=NN=N1. The number of hydrogen-bond donors (Lipinski definition) is 2. The third-order valence-electron chi connectivity index (χ3n) is 3.47. The number of phenols is 1. The Morgan fingerprint density at radius 1 is 1.00 bits per heavy atom. The molecule has 1 heterocycles. The lowest BCUT2D eigenvalue weighted by Gasteiger charge is -2.21. The van der Waals surface area contributed by atoms with E-state index < -0.39 is 11.6 Å². The van der Waals surface area contributed by atoms with Crippen LogP contribution in [0.1, 0.15) is 21.5 Å². The van der Waals surface area contributed by atoms with Crippen LogP contribution in [0.5, 0.6) is 5.75 Å². The summed E-state index contributed by atoms with van der Waals surface area (Å²) in [6.45, 7) is 0. The van der Waals surface area contributed by atoms with Gasteiger partial charge in [0.2, 0.25) is 5.66 Å². The van der Waals surface area contributed by atoms with Crippen LogP contribution in [-0.2, 0) is 12.1 Å². The minimum Gasteiger partial charge on any atom is -0.508 e. The molecule has 0 saturated carbocycles. The van der Waals surface area contributed by atoms with Gasteiger partial charge in [0.05, 0.1) is 5.56 Å². The monoisotopic (exact) mass is 296 g/mol. The topological polar surface area (TPSA) is 107 Å². The van der Waals surface area contributed by atoms with Gasteiger partial charge in [-0.1, -0.05) is 30.3 Å². The van der Waals surface area contributed by atoms with E-state index in [4.69, 9.17) is 0 Å². The Morgan fingerprint density at radius 3 is 2.27 bits per heavy atom. The summed E-state index contributed by atoms with van der Waals surface area (Å²) in [6.07, 6.45) is 0.216. The number of carbonyl (C=O) groups is 1. The molecule has 2 aromatic carbocycles. The number of benzene rings is 2. The molecule has 0 spiro atoms. The molecular formula is C15H12N4O3. The van der Waals surface area contributed by atoms with Gasteiger partial charge in [-0.15, -0.1) is 10.2 Å². The first kappa shape index (κ1) is 13.9. The summed E-state index contributed by atoms with van der Waals surface area (Å²) in [5.74, 6) is -0.889. The van der Waals surface area contributed by atoms with Crippen LogP contribution >= 0.6 is 0 Å². The number of aromatic hydroxyl groups is 1. The van der Waals surface area contributed by atoms with E-state index >= 15 is 0 Å². The first-order valence-electron chi connectivity index (χ1n) is 6.55. The minimum atomic E-state index is -1.10. The second-order valence-corrected chi connectivity index (χ2v) is 4.88. The van der Waals surface area contributed by atoms with Gasteiger partial charge in [0.25, 0.3) is 0 Å². The zero-order valence-corrected chi connectivity index (χ0v) is 11.4. The molecule has 0 radical (unpaired) electrons. The summed E-state index contributed by atoms with van der Waals surface area (Å²) < 4.78 is 0. The molecule has 0 aliphatic carbocycles. The quantitative estimate of drug-likeness (QED) is 0.903. The van der Waals surface area contributed by atoms with Crippen LogP contribution in [0.25, 0.3) is 0 Å². The number of hydrogen-bond acceptors (Lipinski definition) is 6. The van der Waals surface area contributed by atoms with Crippen LogP contribution in [-0.4, -0.2) is 16.2 Å². The molecule has 22 heavy (non-hydrogen) atoms. The number of phenolic OH excluding ortho intramolecular Hbond substituents is 1. The van der Waals surface area contributed by atoms with Gasteiger partial charge >= 0.3 is 5.97 Å². The number of aromatic carboxylic acids is 1. The molecule has 7 heteroatoms. The zero-order valence-electron chi connectivity index (χ0n) is 11.4. The first-order valence-corrected chi connectivity index (χ1v) is 6.55. The molecule has 110 valence electrons. The lowest BCUT2D eigenvalue weighted by molar-refractivity contribution is 0.0695. The molecule has 7 nitrogen and oxygen atoms in total. The fourth-order valence-electron chi connectivity index (χ4n) is 2.37. The molecule has 0 unspecified atom stereocenters. The van der Waals surface area contributed by atoms with E-state index in [1.54, 1.807) is 30.3 Å². The molecule has 1 aliphatic heterocycles. The highest BCUT2D eigenvalue weighted by molar-refractivity contribution is 5.89. The Bertz CT molecular complexity index is 757. The normalized spacial score (nSPS) is 15.1. The van der Waals surface area contributed by atoms with Gasteiger partial charge in [-0.05, 0) is 34.2 Å². The van der Waals surface area contributed by atoms with Crippen LogP contribution in [0.3, 0.4) is 0 Å². The largest absolute Gasteiger partial charge is 0.508 e. The van der Waals surface area contributed by atoms with Crippen molar-refractivity contribution >= 4 is 5.97 Å². The van der Waals surface area contributed by atoms with Crippen molar-refractivity contribution in [2.24, 2.45) is 20.7 Å². The standard InChI is InChI=1S/C15H12N4O3/c20-12-7-5-11(6-8-12)15(16-18-19-17-15)9-10-3-1-2-4-13(10)14(21)22/h1-8,20H,9H2,(H,21,22). The maximum atomic E-state index is 11.3. The van der Waals surface area contributed by atoms with E-state index in [9.17, 15) is 15.0 Å². The predicted octanol–water partition coefficient (Wildman–Crippen LogP) is 3.32. The fourth-order valence-corrected chi connectivity index (χ4v) is 2.37. The van der Waals surface area contributed by atoms with Gasteiger partial charge in [-0.2, -0.15) is 0 Å². The summed E-state index contributed by atoms with van der Waals surface area (Å²) in [5, 5.41) is 34.0. The maximum Gasteiger partial charge on any atom is 0.335 e. The van der Waals surface area contributed by atoms with Crippen molar-refractivity contribution in [1.29, 1.82) is 0 Å². The van der Waals surface area contributed by atoms with Gasteiger partial charge in [-0.3, -0.25) is 0 Å². The van der Waals surface area contributed by atoms with E-state index in [0.29, 0.717) is 11.1 Å². The molecule has 3 rings (SSSR count). The molecule has 2 aromatic rings. The summed E-state index contributed by atoms with van der Waals surface area (Å²) in [7, 11) is 0. The van der Waals surface area contributed by atoms with Crippen LogP contribution in [0.15, 0.2) is 69.2 Å². The fraction of sp³-hybridized carbons (Fsp3) is 0.133. The highest BCUT2D eigenvalue weighted by atomic mass is 16.4. The van der Waals surface area contributed by atoms with E-state index in [1.807, 2.05) is 0 Å². The summed E-state index contributed by atoms with van der Waals surface area (Å²) in [4.78, 5) is 11.3. The molecule has 0 atom stereocenters. The highest BCUT2D eigenvalue weighted by Crippen LogP contribution is 2.37. The minimum absolute atomic E-state index is 0.122. The first-order chi connectivity index (χ1) is 10.6. The summed E-state index contributed by atoms with van der Waals surface area (Å²) >= 11 is 0. The third kappa shape index (κ3) is 2.44. The number of nitrogens with zero attached hydrogens (tertiary/aromatic N) is 4. The van der Waals surface area contributed by atoms with Crippen LogP contribution in [0, 0.1) is 0 Å². The Balaban J connectivity index is 2.04. The van der Waals surface area contributed by atoms with E-state index in [2.05, 4.69) is 20.7 Å². The zero-order chi connectivity index (χ0) is 15.6. The van der Waals surface area contributed by atoms with Gasteiger partial charge in [0.1, 0.15) is 5.75 Å². The second kappa shape index (κ2) is 5.36. The molecule has 0 aromatic heterocycles. The molecule has 0 bridgehead atoms. The van der Waals surface area contributed by atoms with Gasteiger partial charge in [0, 0.05) is 12.0 Å². The summed E-state index contributed by atoms with van der Waals surface area (Å²) in [6, 6.07) is 13.0. The van der Waals surface area contributed by atoms with Crippen LogP contribution < -0.4 is 0 Å². The van der Waals surface area contributed by atoms with Crippen molar-refractivity contribution in [2.75, 3.05) is 0 Å². The molecule has 0 saturated heterocycles. The second-order valence-electron chi connectivity index (χ2n) is 4.88. The van der Waals surface area contributed by atoms with Gasteiger partial charge in [0.15, 0.2) is 0 Å². The van der Waals surface area contributed by atoms with Crippen molar-refractivity contribution in [3.05, 3.63) is 65.2 Å². The van der Waals surface area contributed by atoms with Crippen LogP contribution in [0.2, 0.25) is 0 Å². The van der Waals surface area contributed by atoms with E-state index in [0.717, 1.165) is 0 Å². The molecular weight excluding hydrogens is 284 g/mol. The number of carboxylic acid groups (broad SMARTS) is 1.